The second-order valence-corrected chi connectivity index (χ2v) is 15.5. The third-order valence-electron chi connectivity index (χ3n) is 7.76. The van der Waals surface area contributed by atoms with Gasteiger partial charge >= 0.3 is 0 Å². The molecule has 1 aliphatic carbocycles. The van der Waals surface area contributed by atoms with Gasteiger partial charge in [-0.2, -0.15) is 5.10 Å². The van der Waals surface area contributed by atoms with Gasteiger partial charge in [-0.25, -0.2) is 9.67 Å². The van der Waals surface area contributed by atoms with Gasteiger partial charge in [-0.1, -0.05) is 11.2 Å². The molecule has 222 valence electrons. The Labute approximate surface area is 261 Å². The molecule has 3 heterocycles. The first-order chi connectivity index (χ1) is 20.0. The van der Waals surface area contributed by atoms with Gasteiger partial charge in [0.05, 0.1) is 33.4 Å². The monoisotopic (exact) mass is 604 g/mol. The van der Waals surface area contributed by atoms with Crippen molar-refractivity contribution < 1.29 is 9.53 Å². The molecule has 2 aliphatic rings. The first kappa shape index (κ1) is 31.2. The number of thiazole rings is 1. The minimum Gasteiger partial charge on any atom is -0.357 e. The Kier molecular flexibility index (Phi) is 9.81. The number of anilines is 2. The Hall–Kier alpha value is -2.21. The normalized spacial score (nSPS) is 21.6. The van der Waals surface area contributed by atoms with E-state index in [0.717, 1.165) is 73.6 Å². The molecule has 1 saturated heterocycles. The molecule has 0 spiro atoms. The lowest BCUT2D eigenvalue weighted by Gasteiger charge is -2.26. The highest BCUT2D eigenvalue weighted by molar-refractivity contribution is 7.97. The fraction of sp³-hybridized carbons (Fsp3) is 0.552. The molecule has 1 unspecified atom stereocenters. The van der Waals surface area contributed by atoms with E-state index in [1.165, 1.54) is 21.9 Å². The van der Waals surface area contributed by atoms with E-state index in [1.54, 1.807) is 11.9 Å². The lowest BCUT2D eigenvalue weighted by atomic mass is 9.41. The number of ether oxygens (including phenoxy) is 1. The van der Waals surface area contributed by atoms with Crippen molar-refractivity contribution in [1.29, 1.82) is 0 Å². The third-order valence-corrected chi connectivity index (χ3v) is 10.3. The average molecular weight is 604 g/mol. The van der Waals surface area contributed by atoms with Crippen molar-refractivity contribution in [2.45, 2.75) is 99.5 Å². The summed E-state index contributed by atoms with van der Waals surface area (Å²) in [5.74, 6) is 1.24. The topological polar surface area (TPSA) is 93.1 Å². The highest BCUT2D eigenvalue weighted by Gasteiger charge is 2.30. The largest absolute Gasteiger partial charge is 0.357 e. The third kappa shape index (κ3) is 7.84. The molecular formula is C29H43B3N6O2S2. The van der Waals surface area contributed by atoms with Crippen LogP contribution in [0, 0.1) is 0 Å². The summed E-state index contributed by atoms with van der Waals surface area (Å²) in [7, 11) is 6.76. The number of nitrogens with zero attached hydrogens (tertiary/aromatic N) is 3. The molecule has 1 aromatic carbocycles. The van der Waals surface area contributed by atoms with Crippen molar-refractivity contribution in [2.24, 2.45) is 0 Å². The molecule has 1 aliphatic heterocycles. The smallest absolute Gasteiger partial charge is 0.207 e. The van der Waals surface area contributed by atoms with Crippen LogP contribution in [0.25, 0.3) is 10.4 Å². The Morgan fingerprint density at radius 2 is 1.88 bits per heavy atom. The van der Waals surface area contributed by atoms with Crippen LogP contribution in [0.1, 0.15) is 88.6 Å². The summed E-state index contributed by atoms with van der Waals surface area (Å²) in [6.45, 7) is 7.35. The first-order valence-corrected chi connectivity index (χ1v) is 16.9. The number of aromatic nitrogens is 3. The summed E-state index contributed by atoms with van der Waals surface area (Å²) in [6.07, 6.45) is 10.3. The molecule has 13 heteroatoms. The maximum Gasteiger partial charge on any atom is 0.207 e. The van der Waals surface area contributed by atoms with Gasteiger partial charge in [0.25, 0.3) is 0 Å². The van der Waals surface area contributed by atoms with E-state index in [9.17, 15) is 4.79 Å². The first-order valence-electron chi connectivity index (χ1n) is 15.2. The summed E-state index contributed by atoms with van der Waals surface area (Å²) >= 11 is 3.52. The molecule has 3 aromatic rings. The van der Waals surface area contributed by atoms with E-state index >= 15 is 0 Å². The minimum absolute atomic E-state index is 0.0199. The lowest BCUT2D eigenvalue weighted by molar-refractivity contribution is -0.110. The molecule has 1 saturated carbocycles. The summed E-state index contributed by atoms with van der Waals surface area (Å²) in [4.78, 5) is 18.6. The molecule has 1 amide bonds. The van der Waals surface area contributed by atoms with Crippen LogP contribution < -0.4 is 15.4 Å². The Morgan fingerprint density at radius 3 is 2.55 bits per heavy atom. The van der Waals surface area contributed by atoms with Gasteiger partial charge < -0.3 is 15.4 Å². The quantitative estimate of drug-likeness (QED) is 0.185. The Bertz CT molecular complexity index is 1360. The van der Waals surface area contributed by atoms with Crippen molar-refractivity contribution in [1.82, 2.24) is 24.8 Å². The van der Waals surface area contributed by atoms with Crippen LogP contribution >= 0.6 is 23.3 Å². The standard InChI is InChI=1S/C29H43B3N6O2S2/c1-28(2,3)37-42-22-16-20(34-23-13-14-38(36-23)24-6-4-5-15-40-24)11-12-21(22)25-26(29(30,31)32)35-27(41-25)18-7-9-19(10-8-18)33-17-39/h11-14,16-19,24,37H,4-10,15,30-32H2,1-3H3,(H,33,39)(H,34,36). The number of hydrogen-bond acceptors (Lipinski definition) is 8. The summed E-state index contributed by atoms with van der Waals surface area (Å²) in [6, 6.07) is 8.89. The Balaban J connectivity index is 1.44. The van der Waals surface area contributed by atoms with E-state index in [1.807, 2.05) is 28.3 Å². The van der Waals surface area contributed by atoms with Gasteiger partial charge in [-0.05, 0) is 89.8 Å². The number of nitrogens with one attached hydrogen (secondary N) is 3. The molecule has 5 rings (SSSR count). The molecule has 0 bridgehead atoms. The number of rotatable bonds is 10. The highest BCUT2D eigenvalue weighted by Crippen LogP contribution is 2.44. The maximum absolute atomic E-state index is 10.9. The van der Waals surface area contributed by atoms with Crippen molar-refractivity contribution in [3.63, 3.8) is 0 Å². The molecule has 0 radical (unpaired) electrons. The molecule has 8 nitrogen and oxygen atoms in total. The second kappa shape index (κ2) is 13.2. The van der Waals surface area contributed by atoms with E-state index in [0.29, 0.717) is 5.92 Å². The van der Waals surface area contributed by atoms with Gasteiger partial charge in [0, 0.05) is 58.2 Å². The zero-order valence-corrected chi connectivity index (χ0v) is 27.5. The average Bonchev–Trinajstić information content (AvgIpc) is 3.61. The molecule has 3 N–H and O–H groups in total. The fourth-order valence-corrected chi connectivity index (χ4v) is 7.96. The number of amides is 1. The zero-order valence-electron chi connectivity index (χ0n) is 25.8. The summed E-state index contributed by atoms with van der Waals surface area (Å²) in [5.41, 5.74) is 3.30. The van der Waals surface area contributed by atoms with Gasteiger partial charge in [-0.15, -0.1) is 11.3 Å². The number of benzene rings is 1. The highest BCUT2D eigenvalue weighted by atomic mass is 32.2. The SMILES string of the molecule is BC(B)(B)c1nc(C2CCC(NC=O)CC2)sc1-c1ccc(Nc2ccn(C3CCCCO3)n2)cc1SNC(C)(C)C. The number of carbonyl (C=O) groups is 1. The van der Waals surface area contributed by atoms with Gasteiger partial charge in [-0.3, -0.25) is 9.52 Å². The predicted molar refractivity (Wildman–Crippen MR) is 182 cm³/mol. The summed E-state index contributed by atoms with van der Waals surface area (Å²) < 4.78 is 11.5. The van der Waals surface area contributed by atoms with Crippen LogP contribution in [0.3, 0.4) is 0 Å². The fourth-order valence-electron chi connectivity index (χ4n) is 5.53. The van der Waals surface area contributed by atoms with Crippen LogP contribution in [0.15, 0.2) is 35.4 Å². The molecular weight excluding hydrogens is 561 g/mol. The molecule has 1 atom stereocenters. The molecule has 2 aromatic heterocycles. The van der Waals surface area contributed by atoms with Gasteiger partial charge in [0.15, 0.2) is 5.82 Å². The Morgan fingerprint density at radius 1 is 1.10 bits per heavy atom. The zero-order chi connectivity index (χ0) is 29.9. The van der Waals surface area contributed by atoms with Gasteiger partial charge in [0.1, 0.15) is 6.23 Å². The van der Waals surface area contributed by atoms with E-state index < -0.39 is 0 Å². The molecule has 42 heavy (non-hydrogen) atoms. The summed E-state index contributed by atoms with van der Waals surface area (Å²) in [5, 5.41) is 12.4. The van der Waals surface area contributed by atoms with E-state index in [-0.39, 0.29) is 22.9 Å². The van der Waals surface area contributed by atoms with Crippen molar-refractivity contribution >= 4 is 64.7 Å². The van der Waals surface area contributed by atoms with E-state index in [2.05, 4.69) is 77.9 Å². The van der Waals surface area contributed by atoms with Gasteiger partial charge in [0.2, 0.25) is 6.41 Å². The molecule has 2 fully saturated rings. The number of hydrogen-bond donors (Lipinski definition) is 3. The van der Waals surface area contributed by atoms with Crippen LogP contribution in [0.4, 0.5) is 11.5 Å². The van der Waals surface area contributed by atoms with Crippen molar-refractivity contribution in [3.05, 3.63) is 41.2 Å². The second-order valence-electron chi connectivity index (χ2n) is 13.6. The van der Waals surface area contributed by atoms with Crippen molar-refractivity contribution in [2.75, 3.05) is 11.9 Å². The van der Waals surface area contributed by atoms with E-state index in [4.69, 9.17) is 14.8 Å². The van der Waals surface area contributed by atoms with Crippen LogP contribution in [0.2, 0.25) is 0 Å². The predicted octanol–water partition coefficient (Wildman–Crippen LogP) is 3.63. The van der Waals surface area contributed by atoms with Crippen LogP contribution in [-0.2, 0) is 14.6 Å². The maximum atomic E-state index is 10.9. The lowest BCUT2D eigenvalue weighted by Crippen LogP contribution is -2.31. The minimum atomic E-state index is -0.0926. The van der Waals surface area contributed by atoms with Crippen LogP contribution in [0.5, 0.6) is 0 Å². The van der Waals surface area contributed by atoms with Crippen molar-refractivity contribution in [3.8, 4) is 10.4 Å². The van der Waals surface area contributed by atoms with Crippen LogP contribution in [-0.4, -0.2) is 62.9 Å². The number of carbonyl (C=O) groups excluding carboxylic acids is 1.